The molecule has 1 aromatic heterocycles. The number of aryl methyl sites for hydroxylation is 1. The maximum absolute atomic E-state index is 11.8. The van der Waals surface area contributed by atoms with E-state index in [0.717, 1.165) is 22.8 Å². The van der Waals surface area contributed by atoms with Crippen molar-refractivity contribution in [3.05, 3.63) is 58.8 Å². The SMILES string of the molecule is CC(CCc1ccc(Br)cc1)Nc1ncnc2ccc(S(C)(=O)=O)cc12. The van der Waals surface area contributed by atoms with Gasteiger partial charge in [0.1, 0.15) is 12.1 Å². The second kappa shape index (κ2) is 7.72. The average molecular weight is 434 g/mol. The molecule has 3 rings (SSSR count). The predicted octanol–water partition coefficient (Wildman–Crippen LogP) is 4.23. The monoisotopic (exact) mass is 433 g/mol. The first-order valence-corrected chi connectivity index (χ1v) is 11.0. The number of nitrogens with zero attached hydrogens (tertiary/aromatic N) is 2. The van der Waals surface area contributed by atoms with E-state index < -0.39 is 9.84 Å². The molecule has 0 aliphatic rings. The molecule has 0 bridgehead atoms. The number of halogens is 1. The van der Waals surface area contributed by atoms with Gasteiger partial charge in [-0.05, 0) is 55.7 Å². The van der Waals surface area contributed by atoms with Gasteiger partial charge in [-0.2, -0.15) is 0 Å². The summed E-state index contributed by atoms with van der Waals surface area (Å²) in [5.41, 5.74) is 1.99. The molecule has 0 spiro atoms. The molecule has 3 aromatic rings. The Morgan fingerprint density at radius 1 is 1.12 bits per heavy atom. The number of nitrogens with one attached hydrogen (secondary N) is 1. The highest BCUT2D eigenvalue weighted by Gasteiger charge is 2.12. The van der Waals surface area contributed by atoms with E-state index >= 15 is 0 Å². The van der Waals surface area contributed by atoms with Crippen molar-refractivity contribution in [1.82, 2.24) is 9.97 Å². The largest absolute Gasteiger partial charge is 0.367 e. The molecule has 0 amide bonds. The van der Waals surface area contributed by atoms with Crippen molar-refractivity contribution >= 4 is 42.5 Å². The lowest BCUT2D eigenvalue weighted by Crippen LogP contribution is -2.17. The van der Waals surface area contributed by atoms with Crippen LogP contribution in [0.3, 0.4) is 0 Å². The van der Waals surface area contributed by atoms with Crippen LogP contribution < -0.4 is 5.32 Å². The van der Waals surface area contributed by atoms with Crippen molar-refractivity contribution in [2.24, 2.45) is 0 Å². The van der Waals surface area contributed by atoms with Crippen LogP contribution in [0.15, 0.2) is 58.2 Å². The highest BCUT2D eigenvalue weighted by molar-refractivity contribution is 9.10. The van der Waals surface area contributed by atoms with E-state index in [0.29, 0.717) is 11.2 Å². The summed E-state index contributed by atoms with van der Waals surface area (Å²) in [6, 6.07) is 13.4. The molecule has 1 atom stereocenters. The smallest absolute Gasteiger partial charge is 0.175 e. The van der Waals surface area contributed by atoms with Gasteiger partial charge >= 0.3 is 0 Å². The Morgan fingerprint density at radius 3 is 2.54 bits per heavy atom. The third-order valence-electron chi connectivity index (χ3n) is 4.20. The summed E-state index contributed by atoms with van der Waals surface area (Å²) in [4.78, 5) is 8.81. The van der Waals surface area contributed by atoms with Gasteiger partial charge in [-0.1, -0.05) is 28.1 Å². The van der Waals surface area contributed by atoms with Crippen LogP contribution in [0.25, 0.3) is 10.9 Å². The minimum atomic E-state index is -3.28. The first-order chi connectivity index (χ1) is 12.3. The molecule has 1 heterocycles. The lowest BCUT2D eigenvalue weighted by molar-refractivity contribution is 0.602. The zero-order valence-electron chi connectivity index (χ0n) is 14.6. The van der Waals surface area contributed by atoms with Crippen molar-refractivity contribution in [1.29, 1.82) is 0 Å². The van der Waals surface area contributed by atoms with E-state index in [1.807, 2.05) is 12.1 Å². The molecule has 0 aliphatic carbocycles. The van der Waals surface area contributed by atoms with Crippen molar-refractivity contribution in [3.8, 4) is 0 Å². The average Bonchev–Trinajstić information content (AvgIpc) is 2.60. The van der Waals surface area contributed by atoms with E-state index in [-0.39, 0.29) is 10.9 Å². The molecule has 5 nitrogen and oxygen atoms in total. The summed E-state index contributed by atoms with van der Waals surface area (Å²) in [6.07, 6.45) is 4.57. The van der Waals surface area contributed by atoms with Crippen molar-refractivity contribution in [2.75, 3.05) is 11.6 Å². The highest BCUT2D eigenvalue weighted by atomic mass is 79.9. The zero-order chi connectivity index (χ0) is 18.7. The normalized spacial score (nSPS) is 12.9. The van der Waals surface area contributed by atoms with E-state index in [9.17, 15) is 8.42 Å². The standard InChI is InChI=1S/C19H20BrN3O2S/c1-13(3-4-14-5-7-15(20)8-6-14)23-19-17-11-16(26(2,24)25)9-10-18(17)21-12-22-19/h5-13H,3-4H2,1-2H3,(H,21,22,23). The first kappa shape index (κ1) is 18.8. The molecule has 0 saturated heterocycles. The fourth-order valence-corrected chi connectivity index (χ4v) is 3.63. The maximum atomic E-state index is 11.8. The number of sulfone groups is 1. The summed E-state index contributed by atoms with van der Waals surface area (Å²) < 4.78 is 24.7. The fourth-order valence-electron chi connectivity index (χ4n) is 2.72. The van der Waals surface area contributed by atoms with E-state index in [1.54, 1.807) is 18.2 Å². The molecule has 0 radical (unpaired) electrons. The number of rotatable bonds is 6. The Kier molecular flexibility index (Phi) is 5.58. The topological polar surface area (TPSA) is 72.0 Å². The first-order valence-electron chi connectivity index (χ1n) is 8.29. The molecule has 0 fully saturated rings. The molecule has 7 heteroatoms. The van der Waals surface area contributed by atoms with E-state index in [2.05, 4.69) is 50.3 Å². The summed E-state index contributed by atoms with van der Waals surface area (Å²) in [5.74, 6) is 0.656. The zero-order valence-corrected chi connectivity index (χ0v) is 17.0. The van der Waals surface area contributed by atoms with Crippen molar-refractivity contribution in [3.63, 3.8) is 0 Å². The number of fused-ring (bicyclic) bond motifs is 1. The third-order valence-corrected chi connectivity index (χ3v) is 5.84. The summed E-state index contributed by atoms with van der Waals surface area (Å²) in [5, 5.41) is 4.10. The van der Waals surface area contributed by atoms with Gasteiger partial charge in [-0.25, -0.2) is 18.4 Å². The van der Waals surface area contributed by atoms with Crippen LogP contribution >= 0.6 is 15.9 Å². The van der Waals surface area contributed by atoms with Gasteiger partial charge in [-0.3, -0.25) is 0 Å². The van der Waals surface area contributed by atoms with Crippen LogP contribution in [-0.2, 0) is 16.3 Å². The second-order valence-electron chi connectivity index (χ2n) is 6.38. The molecule has 2 aromatic carbocycles. The van der Waals surface area contributed by atoms with Crippen LogP contribution in [0.2, 0.25) is 0 Å². The lowest BCUT2D eigenvalue weighted by Gasteiger charge is -2.16. The minimum absolute atomic E-state index is 0.179. The molecule has 136 valence electrons. The van der Waals surface area contributed by atoms with Gasteiger partial charge in [-0.15, -0.1) is 0 Å². The van der Waals surface area contributed by atoms with Gasteiger partial charge in [0.2, 0.25) is 0 Å². The van der Waals surface area contributed by atoms with Gasteiger partial charge in [0, 0.05) is 22.2 Å². The molecular weight excluding hydrogens is 414 g/mol. The molecule has 1 N–H and O–H groups in total. The van der Waals surface area contributed by atoms with Gasteiger partial charge in [0.15, 0.2) is 9.84 Å². The number of anilines is 1. The fraction of sp³-hybridized carbons (Fsp3) is 0.263. The van der Waals surface area contributed by atoms with Crippen LogP contribution in [0.1, 0.15) is 18.9 Å². The Morgan fingerprint density at radius 2 is 1.85 bits per heavy atom. The van der Waals surface area contributed by atoms with Gasteiger partial charge in [0.25, 0.3) is 0 Å². The Hall–Kier alpha value is -1.99. The summed E-state index contributed by atoms with van der Waals surface area (Å²) in [6.45, 7) is 2.09. The molecule has 1 unspecified atom stereocenters. The lowest BCUT2D eigenvalue weighted by atomic mass is 10.1. The number of aromatic nitrogens is 2. The van der Waals surface area contributed by atoms with E-state index in [4.69, 9.17) is 0 Å². The summed E-state index contributed by atoms with van der Waals surface area (Å²) >= 11 is 3.44. The maximum Gasteiger partial charge on any atom is 0.175 e. The second-order valence-corrected chi connectivity index (χ2v) is 9.32. The number of hydrogen-bond acceptors (Lipinski definition) is 5. The number of hydrogen-bond donors (Lipinski definition) is 1. The van der Waals surface area contributed by atoms with Crippen molar-refractivity contribution < 1.29 is 8.42 Å². The number of benzene rings is 2. The highest BCUT2D eigenvalue weighted by Crippen LogP contribution is 2.24. The molecule has 0 saturated carbocycles. The van der Waals surface area contributed by atoms with Crippen LogP contribution in [0.4, 0.5) is 5.82 Å². The minimum Gasteiger partial charge on any atom is -0.367 e. The van der Waals surface area contributed by atoms with E-state index in [1.165, 1.54) is 18.1 Å². The van der Waals surface area contributed by atoms with Crippen LogP contribution in [-0.4, -0.2) is 30.7 Å². The van der Waals surface area contributed by atoms with Crippen LogP contribution in [0, 0.1) is 0 Å². The quantitative estimate of drug-likeness (QED) is 0.629. The van der Waals surface area contributed by atoms with Crippen LogP contribution in [0.5, 0.6) is 0 Å². The summed E-state index contributed by atoms with van der Waals surface area (Å²) in [7, 11) is -3.28. The Labute approximate surface area is 161 Å². The Bertz CT molecular complexity index is 1020. The molecule has 0 aliphatic heterocycles. The van der Waals surface area contributed by atoms with Gasteiger partial charge < -0.3 is 5.32 Å². The third kappa shape index (κ3) is 4.59. The van der Waals surface area contributed by atoms with Gasteiger partial charge in [0.05, 0.1) is 10.4 Å². The Balaban J connectivity index is 1.77. The van der Waals surface area contributed by atoms with Crippen molar-refractivity contribution in [2.45, 2.75) is 30.7 Å². The molecular formula is C19H20BrN3O2S. The predicted molar refractivity (Wildman–Crippen MR) is 108 cm³/mol. The molecule has 26 heavy (non-hydrogen) atoms.